The van der Waals surface area contributed by atoms with E-state index in [1.54, 1.807) is 17.0 Å². The molecule has 1 atom stereocenters. The van der Waals surface area contributed by atoms with Crippen molar-refractivity contribution in [3.63, 3.8) is 0 Å². The Morgan fingerprint density at radius 2 is 2.38 bits per heavy atom. The third-order valence-electron chi connectivity index (χ3n) is 3.81. The Labute approximate surface area is 122 Å². The Balaban J connectivity index is 1.87. The molecule has 0 unspecified atom stereocenters. The zero-order valence-corrected chi connectivity index (χ0v) is 11.9. The van der Waals surface area contributed by atoms with Gasteiger partial charge >= 0.3 is 0 Å². The summed E-state index contributed by atoms with van der Waals surface area (Å²) < 4.78 is 0. The molecule has 1 aliphatic rings. The van der Waals surface area contributed by atoms with Crippen LogP contribution in [0.4, 0.5) is 0 Å². The number of rotatable bonds is 3. The zero-order chi connectivity index (χ0) is 14.8. The van der Waals surface area contributed by atoms with Crippen LogP contribution in [0.2, 0.25) is 0 Å². The van der Waals surface area contributed by atoms with E-state index in [0.717, 1.165) is 24.2 Å². The van der Waals surface area contributed by atoms with E-state index in [4.69, 9.17) is 0 Å². The molecular weight excluding hydrogens is 268 g/mol. The highest BCUT2D eigenvalue weighted by atomic mass is 16.3. The van der Waals surface area contributed by atoms with Crippen molar-refractivity contribution in [3.8, 4) is 11.4 Å². The smallest absolute Gasteiger partial charge is 0.254 e. The molecule has 1 aliphatic heterocycles. The van der Waals surface area contributed by atoms with Gasteiger partial charge in [-0.05, 0) is 31.9 Å². The Morgan fingerprint density at radius 1 is 1.52 bits per heavy atom. The predicted octanol–water partition coefficient (Wildman–Crippen LogP) is 1.38. The average molecular weight is 286 g/mol. The van der Waals surface area contributed by atoms with Gasteiger partial charge in [-0.2, -0.15) is 5.10 Å². The Bertz CT molecular complexity index is 653. The molecule has 1 aromatic carbocycles. The Morgan fingerprint density at radius 3 is 3.10 bits per heavy atom. The van der Waals surface area contributed by atoms with Crippen LogP contribution < -0.4 is 0 Å². The summed E-state index contributed by atoms with van der Waals surface area (Å²) in [6.45, 7) is 2.56. The normalized spacial score (nSPS) is 18.2. The fourth-order valence-corrected chi connectivity index (χ4v) is 2.72. The van der Waals surface area contributed by atoms with Gasteiger partial charge in [0.15, 0.2) is 5.82 Å². The monoisotopic (exact) mass is 286 g/mol. The van der Waals surface area contributed by atoms with Gasteiger partial charge in [-0.3, -0.25) is 9.89 Å². The molecular formula is C15H18N4O2. The number of aromatic amines is 1. The molecule has 2 N–H and O–H groups in total. The molecule has 1 aromatic heterocycles. The summed E-state index contributed by atoms with van der Waals surface area (Å²) >= 11 is 0. The molecule has 21 heavy (non-hydrogen) atoms. The first-order valence-corrected chi connectivity index (χ1v) is 7.10. The molecule has 6 heteroatoms. The second-order valence-corrected chi connectivity index (χ2v) is 5.30. The molecule has 0 saturated carbocycles. The number of amides is 1. The number of H-pyrrole nitrogens is 1. The maximum atomic E-state index is 12.6. The number of aliphatic hydroxyl groups is 1. The summed E-state index contributed by atoms with van der Waals surface area (Å²) in [6.07, 6.45) is 1.80. The van der Waals surface area contributed by atoms with E-state index in [9.17, 15) is 9.90 Å². The van der Waals surface area contributed by atoms with Crippen LogP contribution in [-0.2, 0) is 0 Å². The minimum atomic E-state index is -0.0630. The summed E-state index contributed by atoms with van der Waals surface area (Å²) in [4.78, 5) is 18.6. The molecule has 3 rings (SSSR count). The van der Waals surface area contributed by atoms with Crippen molar-refractivity contribution < 1.29 is 9.90 Å². The van der Waals surface area contributed by atoms with Crippen LogP contribution in [0.1, 0.15) is 29.0 Å². The van der Waals surface area contributed by atoms with Crippen molar-refractivity contribution in [1.29, 1.82) is 0 Å². The summed E-state index contributed by atoms with van der Waals surface area (Å²) in [6, 6.07) is 7.24. The molecule has 1 fully saturated rings. The average Bonchev–Trinajstić information content (AvgIpc) is 3.15. The van der Waals surface area contributed by atoms with Crippen LogP contribution in [0.5, 0.6) is 0 Å². The molecule has 6 nitrogen and oxygen atoms in total. The van der Waals surface area contributed by atoms with Crippen LogP contribution in [0, 0.1) is 6.92 Å². The van der Waals surface area contributed by atoms with E-state index in [0.29, 0.717) is 17.9 Å². The van der Waals surface area contributed by atoms with E-state index >= 15 is 0 Å². The molecule has 2 aromatic rings. The van der Waals surface area contributed by atoms with Crippen molar-refractivity contribution in [2.45, 2.75) is 25.8 Å². The molecule has 0 bridgehead atoms. The second-order valence-electron chi connectivity index (χ2n) is 5.30. The first kappa shape index (κ1) is 13.8. The van der Waals surface area contributed by atoms with Gasteiger partial charge in [0.2, 0.25) is 0 Å². The zero-order valence-electron chi connectivity index (χ0n) is 11.9. The highest BCUT2D eigenvalue weighted by molar-refractivity contribution is 5.95. The molecule has 1 saturated heterocycles. The van der Waals surface area contributed by atoms with Crippen molar-refractivity contribution in [1.82, 2.24) is 20.1 Å². The standard InChI is InChI=1S/C15H18N4O2/c1-10-16-14(18-17-10)11-4-2-5-12(8-11)15(21)19-7-3-6-13(19)9-20/h2,4-5,8,13,20H,3,6-7,9H2,1H3,(H,16,17,18)/t13-/m1/s1. The van der Waals surface area contributed by atoms with Crippen LogP contribution in [0.25, 0.3) is 11.4 Å². The third kappa shape index (κ3) is 2.67. The quantitative estimate of drug-likeness (QED) is 0.893. The minimum Gasteiger partial charge on any atom is -0.394 e. The lowest BCUT2D eigenvalue weighted by Gasteiger charge is -2.23. The summed E-state index contributed by atoms with van der Waals surface area (Å²) in [5, 5.41) is 16.3. The van der Waals surface area contributed by atoms with E-state index in [1.165, 1.54) is 0 Å². The largest absolute Gasteiger partial charge is 0.394 e. The number of carbonyl (C=O) groups excluding carboxylic acids is 1. The van der Waals surface area contributed by atoms with E-state index in [-0.39, 0.29) is 18.6 Å². The number of likely N-dealkylation sites (tertiary alicyclic amines) is 1. The van der Waals surface area contributed by atoms with Gasteiger partial charge in [0.05, 0.1) is 12.6 Å². The number of hydrogen-bond acceptors (Lipinski definition) is 4. The van der Waals surface area contributed by atoms with Gasteiger partial charge in [-0.15, -0.1) is 0 Å². The van der Waals surface area contributed by atoms with Crippen molar-refractivity contribution in [2.75, 3.05) is 13.2 Å². The second kappa shape index (κ2) is 5.65. The molecule has 0 spiro atoms. The molecule has 1 amide bonds. The Hall–Kier alpha value is -2.21. The number of hydrogen-bond donors (Lipinski definition) is 2. The first-order chi connectivity index (χ1) is 10.2. The van der Waals surface area contributed by atoms with Gasteiger partial charge in [0.25, 0.3) is 5.91 Å². The van der Waals surface area contributed by atoms with Crippen molar-refractivity contribution in [2.24, 2.45) is 0 Å². The van der Waals surface area contributed by atoms with Crippen LogP contribution >= 0.6 is 0 Å². The predicted molar refractivity (Wildman–Crippen MR) is 77.7 cm³/mol. The van der Waals surface area contributed by atoms with Gasteiger partial charge in [0.1, 0.15) is 5.82 Å². The van der Waals surface area contributed by atoms with E-state index < -0.39 is 0 Å². The lowest BCUT2D eigenvalue weighted by molar-refractivity contribution is 0.0677. The van der Waals surface area contributed by atoms with Crippen molar-refractivity contribution in [3.05, 3.63) is 35.7 Å². The lowest BCUT2D eigenvalue weighted by atomic mass is 10.1. The Kier molecular flexibility index (Phi) is 3.70. The summed E-state index contributed by atoms with van der Waals surface area (Å²) in [7, 11) is 0. The number of carbonyl (C=O) groups is 1. The molecule has 0 radical (unpaired) electrons. The molecule has 2 heterocycles. The number of nitrogens with zero attached hydrogens (tertiary/aromatic N) is 3. The van der Waals surface area contributed by atoms with Gasteiger partial charge in [-0.25, -0.2) is 4.98 Å². The molecule has 0 aliphatic carbocycles. The SMILES string of the molecule is Cc1nc(-c2cccc(C(=O)N3CCC[C@@H]3CO)c2)n[nH]1. The topological polar surface area (TPSA) is 82.1 Å². The summed E-state index contributed by atoms with van der Waals surface area (Å²) in [5.41, 5.74) is 1.42. The number of benzene rings is 1. The first-order valence-electron chi connectivity index (χ1n) is 7.10. The third-order valence-corrected chi connectivity index (χ3v) is 3.81. The maximum Gasteiger partial charge on any atom is 0.254 e. The highest BCUT2D eigenvalue weighted by Gasteiger charge is 2.28. The number of aliphatic hydroxyl groups excluding tert-OH is 1. The van der Waals surface area contributed by atoms with E-state index in [1.807, 2.05) is 19.1 Å². The van der Waals surface area contributed by atoms with Crippen LogP contribution in [0.3, 0.4) is 0 Å². The van der Waals surface area contributed by atoms with Crippen molar-refractivity contribution >= 4 is 5.91 Å². The fourth-order valence-electron chi connectivity index (χ4n) is 2.72. The fraction of sp³-hybridized carbons (Fsp3) is 0.400. The van der Waals surface area contributed by atoms with Crippen LogP contribution in [-0.4, -0.2) is 50.3 Å². The minimum absolute atomic E-state index is 0.0194. The van der Waals surface area contributed by atoms with Crippen LogP contribution in [0.15, 0.2) is 24.3 Å². The number of aromatic nitrogens is 3. The number of aryl methyl sites for hydroxylation is 1. The summed E-state index contributed by atoms with van der Waals surface area (Å²) in [5.74, 6) is 1.28. The van der Waals surface area contributed by atoms with Gasteiger partial charge in [0, 0.05) is 17.7 Å². The highest BCUT2D eigenvalue weighted by Crippen LogP contribution is 2.22. The van der Waals surface area contributed by atoms with E-state index in [2.05, 4.69) is 15.2 Å². The van der Waals surface area contributed by atoms with Gasteiger partial charge < -0.3 is 10.0 Å². The lowest BCUT2D eigenvalue weighted by Crippen LogP contribution is -2.37. The molecule has 110 valence electrons. The number of nitrogens with one attached hydrogen (secondary N) is 1. The van der Waals surface area contributed by atoms with Gasteiger partial charge in [-0.1, -0.05) is 12.1 Å². The maximum absolute atomic E-state index is 12.6.